The van der Waals surface area contributed by atoms with Gasteiger partial charge in [-0.15, -0.1) is 0 Å². The molecular formula is C16H25N5O3S. The number of nitrogens with one attached hydrogen (secondary N) is 1. The number of hydrogen-bond donors (Lipinski definition) is 1. The minimum Gasteiger partial charge on any atom is -0.334 e. The van der Waals surface area contributed by atoms with E-state index >= 15 is 0 Å². The minimum absolute atomic E-state index is 0.0239. The first-order valence-corrected chi connectivity index (χ1v) is 10.7. The Labute approximate surface area is 148 Å². The van der Waals surface area contributed by atoms with E-state index in [2.05, 4.69) is 15.3 Å². The summed E-state index contributed by atoms with van der Waals surface area (Å²) < 4.78 is 25.8. The molecule has 2 amide bonds. The molecule has 0 unspecified atom stereocenters. The van der Waals surface area contributed by atoms with Crippen LogP contribution >= 0.6 is 0 Å². The quantitative estimate of drug-likeness (QED) is 0.821. The second-order valence-corrected chi connectivity index (χ2v) is 9.66. The van der Waals surface area contributed by atoms with Crippen LogP contribution in [0, 0.1) is 0 Å². The summed E-state index contributed by atoms with van der Waals surface area (Å²) in [5.74, 6) is -0.0129. The molecule has 25 heavy (non-hydrogen) atoms. The van der Waals surface area contributed by atoms with E-state index in [1.54, 1.807) is 29.0 Å². The lowest BCUT2D eigenvalue weighted by atomic mass is 10.1. The summed E-state index contributed by atoms with van der Waals surface area (Å²) in [6.45, 7) is 2.17. The normalized spacial score (nSPS) is 29.7. The summed E-state index contributed by atoms with van der Waals surface area (Å²) in [7, 11) is -1.36. The van der Waals surface area contributed by atoms with Gasteiger partial charge in [-0.3, -0.25) is 9.58 Å². The lowest BCUT2D eigenvalue weighted by Crippen LogP contribution is -2.52. The maximum absolute atomic E-state index is 12.8. The van der Waals surface area contributed by atoms with Gasteiger partial charge in [0.15, 0.2) is 9.84 Å². The molecule has 2 aliphatic heterocycles. The zero-order chi connectivity index (χ0) is 17.6. The molecule has 1 saturated carbocycles. The second kappa shape index (κ2) is 6.28. The van der Waals surface area contributed by atoms with Gasteiger partial charge in [0.2, 0.25) is 0 Å². The molecule has 1 N–H and O–H groups in total. The van der Waals surface area contributed by atoms with Crippen molar-refractivity contribution in [1.29, 1.82) is 0 Å². The molecule has 3 aliphatic rings. The number of aromatic nitrogens is 2. The minimum atomic E-state index is -3.14. The zero-order valence-corrected chi connectivity index (χ0v) is 15.3. The van der Waals surface area contributed by atoms with Crippen LogP contribution in [0.3, 0.4) is 0 Å². The van der Waals surface area contributed by atoms with Crippen LogP contribution in [0.15, 0.2) is 12.4 Å². The Morgan fingerprint density at radius 3 is 2.76 bits per heavy atom. The van der Waals surface area contributed by atoms with Crippen molar-refractivity contribution in [1.82, 2.24) is 24.9 Å². The summed E-state index contributed by atoms with van der Waals surface area (Å²) in [5.41, 5.74) is 0.770. The highest BCUT2D eigenvalue weighted by Crippen LogP contribution is 2.30. The first-order chi connectivity index (χ1) is 11.9. The zero-order valence-electron chi connectivity index (χ0n) is 14.5. The Balaban J connectivity index is 1.45. The summed E-state index contributed by atoms with van der Waals surface area (Å²) in [6, 6.07) is 0.242. The van der Waals surface area contributed by atoms with Crippen LogP contribution in [0.5, 0.6) is 0 Å². The van der Waals surface area contributed by atoms with E-state index in [1.165, 1.54) is 12.8 Å². The number of amides is 2. The molecular weight excluding hydrogens is 342 g/mol. The largest absolute Gasteiger partial charge is 0.334 e. The van der Waals surface area contributed by atoms with E-state index in [0.29, 0.717) is 6.04 Å². The number of sulfone groups is 1. The SMILES string of the molecule is Cn1cc([C@H]2CS(=O)(=O)CCN2C(=O)N[C@H]2CCN(C3CC3)C2)cn1. The van der Waals surface area contributed by atoms with Crippen LogP contribution in [0.25, 0.3) is 0 Å². The number of nitrogens with zero attached hydrogens (tertiary/aromatic N) is 4. The number of urea groups is 1. The van der Waals surface area contributed by atoms with Crippen molar-refractivity contribution in [2.45, 2.75) is 37.4 Å². The molecule has 9 heteroatoms. The topological polar surface area (TPSA) is 87.5 Å². The van der Waals surface area contributed by atoms with Gasteiger partial charge in [-0.2, -0.15) is 5.10 Å². The predicted octanol–water partition coefficient (Wildman–Crippen LogP) is 0.138. The van der Waals surface area contributed by atoms with Crippen LogP contribution in [-0.4, -0.2) is 77.3 Å². The summed E-state index contributed by atoms with van der Waals surface area (Å²) in [5, 5.41) is 7.25. The predicted molar refractivity (Wildman–Crippen MR) is 92.8 cm³/mol. The Hall–Kier alpha value is -1.61. The first-order valence-electron chi connectivity index (χ1n) is 8.91. The molecule has 2 saturated heterocycles. The Morgan fingerprint density at radius 2 is 2.08 bits per heavy atom. The third-order valence-corrected chi connectivity index (χ3v) is 7.04. The second-order valence-electron chi connectivity index (χ2n) is 7.43. The average molecular weight is 367 g/mol. The van der Waals surface area contributed by atoms with Crippen LogP contribution in [0.1, 0.15) is 30.9 Å². The molecule has 4 rings (SSSR count). The van der Waals surface area contributed by atoms with Gasteiger partial charge in [0.25, 0.3) is 0 Å². The van der Waals surface area contributed by atoms with Gasteiger partial charge < -0.3 is 10.2 Å². The molecule has 2 atom stereocenters. The highest BCUT2D eigenvalue weighted by atomic mass is 32.2. The van der Waals surface area contributed by atoms with E-state index < -0.39 is 15.9 Å². The molecule has 0 spiro atoms. The fourth-order valence-electron chi connectivity index (χ4n) is 3.87. The van der Waals surface area contributed by atoms with E-state index in [0.717, 1.165) is 25.1 Å². The van der Waals surface area contributed by atoms with Crippen LogP contribution < -0.4 is 5.32 Å². The molecule has 1 aromatic heterocycles. The number of aryl methyl sites for hydroxylation is 1. The van der Waals surface area contributed by atoms with Crippen molar-refractivity contribution >= 4 is 15.9 Å². The third kappa shape index (κ3) is 3.67. The lowest BCUT2D eigenvalue weighted by molar-refractivity contribution is 0.176. The standard InChI is InChI=1S/C16H25N5O3S/c1-19-9-12(8-17-19)15-11-25(23,24)7-6-21(15)16(22)18-13-4-5-20(10-13)14-2-3-14/h8-9,13-15H,2-7,10-11H2,1H3,(H,18,22)/t13-,15+/m0/s1. The van der Waals surface area contributed by atoms with Crippen LogP contribution in [-0.2, 0) is 16.9 Å². The Bertz CT molecular complexity index is 758. The van der Waals surface area contributed by atoms with E-state index in [9.17, 15) is 13.2 Å². The Morgan fingerprint density at radius 1 is 1.28 bits per heavy atom. The molecule has 0 bridgehead atoms. The van der Waals surface area contributed by atoms with Gasteiger partial charge in [-0.25, -0.2) is 13.2 Å². The lowest BCUT2D eigenvalue weighted by Gasteiger charge is -2.35. The molecule has 8 nitrogen and oxygen atoms in total. The van der Waals surface area contributed by atoms with E-state index in [-0.39, 0.29) is 30.1 Å². The monoisotopic (exact) mass is 367 g/mol. The van der Waals surface area contributed by atoms with Gasteiger partial charge in [0.1, 0.15) is 0 Å². The molecule has 3 heterocycles. The smallest absolute Gasteiger partial charge is 0.318 e. The fourth-order valence-corrected chi connectivity index (χ4v) is 5.37. The number of likely N-dealkylation sites (tertiary alicyclic amines) is 1. The number of hydrogen-bond acceptors (Lipinski definition) is 5. The molecule has 1 aliphatic carbocycles. The molecule has 138 valence electrons. The van der Waals surface area contributed by atoms with Crippen molar-refractivity contribution in [2.24, 2.45) is 7.05 Å². The highest BCUT2D eigenvalue weighted by molar-refractivity contribution is 7.91. The van der Waals surface area contributed by atoms with Gasteiger partial charge in [-0.05, 0) is 19.3 Å². The number of carbonyl (C=O) groups is 1. The van der Waals surface area contributed by atoms with Gasteiger partial charge in [-0.1, -0.05) is 0 Å². The third-order valence-electron chi connectivity index (χ3n) is 5.41. The van der Waals surface area contributed by atoms with Crippen molar-refractivity contribution in [3.05, 3.63) is 18.0 Å². The van der Waals surface area contributed by atoms with Gasteiger partial charge >= 0.3 is 6.03 Å². The van der Waals surface area contributed by atoms with Crippen molar-refractivity contribution < 1.29 is 13.2 Å². The highest BCUT2D eigenvalue weighted by Gasteiger charge is 2.38. The van der Waals surface area contributed by atoms with Crippen molar-refractivity contribution in [3.8, 4) is 0 Å². The molecule has 0 aromatic carbocycles. The maximum atomic E-state index is 12.8. The maximum Gasteiger partial charge on any atom is 0.318 e. The number of rotatable bonds is 3. The summed E-state index contributed by atoms with van der Waals surface area (Å²) in [4.78, 5) is 16.9. The fraction of sp³-hybridized carbons (Fsp3) is 0.750. The van der Waals surface area contributed by atoms with E-state index in [1.807, 2.05) is 0 Å². The summed E-state index contributed by atoms with van der Waals surface area (Å²) >= 11 is 0. The van der Waals surface area contributed by atoms with Crippen LogP contribution in [0.2, 0.25) is 0 Å². The average Bonchev–Trinajstić information content (AvgIpc) is 3.15. The first kappa shape index (κ1) is 16.8. The summed E-state index contributed by atoms with van der Waals surface area (Å²) in [6.07, 6.45) is 6.94. The molecule has 1 aromatic rings. The van der Waals surface area contributed by atoms with Crippen LogP contribution in [0.4, 0.5) is 4.79 Å². The number of carbonyl (C=O) groups excluding carboxylic acids is 1. The van der Waals surface area contributed by atoms with Crippen molar-refractivity contribution in [2.75, 3.05) is 31.1 Å². The molecule has 3 fully saturated rings. The van der Waals surface area contributed by atoms with Gasteiger partial charge in [0, 0.05) is 50.5 Å². The van der Waals surface area contributed by atoms with Gasteiger partial charge in [0.05, 0.1) is 23.7 Å². The van der Waals surface area contributed by atoms with Crippen molar-refractivity contribution in [3.63, 3.8) is 0 Å². The van der Waals surface area contributed by atoms with E-state index in [4.69, 9.17) is 0 Å². The molecule has 0 radical (unpaired) electrons. The Kier molecular flexibility index (Phi) is 4.23.